The van der Waals surface area contributed by atoms with E-state index in [4.69, 9.17) is 9.15 Å². The van der Waals surface area contributed by atoms with Crippen molar-refractivity contribution in [2.45, 2.75) is 25.9 Å². The summed E-state index contributed by atoms with van der Waals surface area (Å²) in [5.74, 6) is 1.11. The van der Waals surface area contributed by atoms with Gasteiger partial charge in [0.05, 0.1) is 24.2 Å². The van der Waals surface area contributed by atoms with E-state index in [1.54, 1.807) is 17.2 Å². The third-order valence-electron chi connectivity index (χ3n) is 4.46. The van der Waals surface area contributed by atoms with Crippen LogP contribution < -0.4 is 0 Å². The van der Waals surface area contributed by atoms with Crippen molar-refractivity contribution in [3.8, 4) is 0 Å². The molecular weight excluding hydrogens is 332 g/mol. The molecule has 1 aliphatic rings. The zero-order valence-electron chi connectivity index (χ0n) is 14.8. The van der Waals surface area contributed by atoms with Gasteiger partial charge in [-0.1, -0.05) is 32.0 Å². The number of morpholine rings is 1. The first-order valence-electron chi connectivity index (χ1n) is 8.71. The van der Waals surface area contributed by atoms with Crippen LogP contribution in [0.25, 0.3) is 10.9 Å². The number of hydrogen-bond acceptors (Lipinski definition) is 6. The summed E-state index contributed by atoms with van der Waals surface area (Å²) in [4.78, 5) is 19.2. The topological polar surface area (TPSA) is 81.4 Å². The van der Waals surface area contributed by atoms with E-state index < -0.39 is 6.10 Å². The number of rotatable bonds is 3. The van der Waals surface area contributed by atoms with E-state index in [2.05, 4.69) is 15.2 Å². The number of carbonyl (C=O) groups is 1. The van der Waals surface area contributed by atoms with Crippen molar-refractivity contribution in [2.75, 3.05) is 19.7 Å². The highest BCUT2D eigenvalue weighted by Gasteiger charge is 2.30. The van der Waals surface area contributed by atoms with Gasteiger partial charge in [-0.25, -0.2) is 0 Å². The molecule has 0 spiro atoms. The second-order valence-electron chi connectivity index (χ2n) is 6.62. The van der Waals surface area contributed by atoms with Gasteiger partial charge in [0.1, 0.15) is 0 Å². The summed E-state index contributed by atoms with van der Waals surface area (Å²) in [5, 5.41) is 8.99. The van der Waals surface area contributed by atoms with E-state index in [0.717, 1.165) is 10.9 Å². The van der Waals surface area contributed by atoms with Gasteiger partial charge in [-0.2, -0.15) is 0 Å². The molecular formula is C19H20N4O3. The molecule has 134 valence electrons. The molecule has 0 bridgehead atoms. The van der Waals surface area contributed by atoms with Crippen LogP contribution in [0, 0.1) is 0 Å². The molecule has 2 aromatic heterocycles. The van der Waals surface area contributed by atoms with Gasteiger partial charge in [0.25, 0.3) is 5.91 Å². The van der Waals surface area contributed by atoms with E-state index in [0.29, 0.717) is 37.0 Å². The molecule has 0 aliphatic carbocycles. The lowest BCUT2D eigenvalue weighted by molar-refractivity contribution is -0.0350. The van der Waals surface area contributed by atoms with Crippen molar-refractivity contribution in [1.29, 1.82) is 0 Å². The van der Waals surface area contributed by atoms with Crippen LogP contribution in [-0.2, 0) is 4.74 Å². The Labute approximate surface area is 151 Å². The molecule has 1 aromatic carbocycles. The summed E-state index contributed by atoms with van der Waals surface area (Å²) in [6.45, 7) is 5.32. The smallest absolute Gasteiger partial charge is 0.254 e. The Morgan fingerprint density at radius 2 is 2.08 bits per heavy atom. The fourth-order valence-electron chi connectivity index (χ4n) is 3.05. The van der Waals surface area contributed by atoms with Crippen molar-refractivity contribution >= 4 is 16.8 Å². The molecule has 1 unspecified atom stereocenters. The monoisotopic (exact) mass is 352 g/mol. The molecule has 1 saturated heterocycles. The number of fused-ring (bicyclic) bond motifs is 1. The van der Waals surface area contributed by atoms with E-state index in [-0.39, 0.29) is 11.8 Å². The largest absolute Gasteiger partial charge is 0.422 e. The van der Waals surface area contributed by atoms with Crippen LogP contribution in [0.2, 0.25) is 0 Å². The zero-order chi connectivity index (χ0) is 18.1. The van der Waals surface area contributed by atoms with E-state index >= 15 is 0 Å². The zero-order valence-corrected chi connectivity index (χ0v) is 14.8. The standard InChI is InChI=1S/C19H20N4O3/c1-12(2)17-21-22-18(26-17)16-11-23(9-10-25-16)19(24)14-7-8-20-15-6-4-3-5-13(14)15/h3-8,12,16H,9-11H2,1-2H3. The van der Waals surface area contributed by atoms with Gasteiger partial charge < -0.3 is 14.1 Å². The second kappa shape index (κ2) is 6.84. The molecule has 1 fully saturated rings. The minimum atomic E-state index is -0.402. The lowest BCUT2D eigenvalue weighted by Crippen LogP contribution is -2.42. The molecule has 0 N–H and O–H groups in total. The quantitative estimate of drug-likeness (QED) is 0.721. The number of pyridine rings is 1. The Morgan fingerprint density at radius 1 is 1.23 bits per heavy atom. The number of nitrogens with zero attached hydrogens (tertiary/aromatic N) is 4. The molecule has 1 aliphatic heterocycles. The Kier molecular flexibility index (Phi) is 4.38. The maximum Gasteiger partial charge on any atom is 0.254 e. The number of amides is 1. The molecule has 7 heteroatoms. The van der Waals surface area contributed by atoms with Gasteiger partial charge in [0, 0.05) is 24.0 Å². The summed E-state index contributed by atoms with van der Waals surface area (Å²) < 4.78 is 11.5. The normalized spacial score (nSPS) is 17.8. The van der Waals surface area contributed by atoms with Crippen molar-refractivity contribution in [2.24, 2.45) is 0 Å². The summed E-state index contributed by atoms with van der Waals surface area (Å²) >= 11 is 0. The lowest BCUT2D eigenvalue weighted by Gasteiger charge is -2.31. The van der Waals surface area contributed by atoms with Crippen LogP contribution in [0.15, 0.2) is 40.9 Å². The Morgan fingerprint density at radius 3 is 2.88 bits per heavy atom. The van der Waals surface area contributed by atoms with Crippen LogP contribution in [0.5, 0.6) is 0 Å². The minimum Gasteiger partial charge on any atom is -0.422 e. The molecule has 3 aromatic rings. The summed E-state index contributed by atoms with van der Waals surface area (Å²) in [6, 6.07) is 9.41. The summed E-state index contributed by atoms with van der Waals surface area (Å²) in [7, 11) is 0. The molecule has 7 nitrogen and oxygen atoms in total. The third-order valence-corrected chi connectivity index (χ3v) is 4.46. The molecule has 1 amide bonds. The number of benzene rings is 1. The number of carbonyl (C=O) groups excluding carboxylic acids is 1. The van der Waals surface area contributed by atoms with Crippen LogP contribution in [0.3, 0.4) is 0 Å². The first kappa shape index (κ1) is 16.7. The van der Waals surface area contributed by atoms with Crippen LogP contribution >= 0.6 is 0 Å². The van der Waals surface area contributed by atoms with Gasteiger partial charge in [-0.3, -0.25) is 9.78 Å². The van der Waals surface area contributed by atoms with Crippen LogP contribution in [-0.4, -0.2) is 45.7 Å². The van der Waals surface area contributed by atoms with Gasteiger partial charge in [0.15, 0.2) is 6.10 Å². The lowest BCUT2D eigenvalue weighted by atomic mass is 10.1. The Bertz CT molecular complexity index is 932. The first-order valence-corrected chi connectivity index (χ1v) is 8.71. The molecule has 4 rings (SSSR count). The molecule has 0 radical (unpaired) electrons. The first-order chi connectivity index (χ1) is 12.6. The number of ether oxygens (including phenoxy) is 1. The highest BCUT2D eigenvalue weighted by atomic mass is 16.5. The summed E-state index contributed by atoms with van der Waals surface area (Å²) in [5.41, 5.74) is 1.45. The number of hydrogen-bond donors (Lipinski definition) is 0. The van der Waals surface area contributed by atoms with E-state index in [9.17, 15) is 4.79 Å². The fraction of sp³-hybridized carbons (Fsp3) is 0.368. The average Bonchev–Trinajstić information content (AvgIpc) is 3.18. The fourth-order valence-corrected chi connectivity index (χ4v) is 3.05. The Hall–Kier alpha value is -2.80. The molecule has 0 saturated carbocycles. The second-order valence-corrected chi connectivity index (χ2v) is 6.62. The van der Waals surface area contributed by atoms with Gasteiger partial charge in [-0.15, -0.1) is 10.2 Å². The van der Waals surface area contributed by atoms with Crippen LogP contribution in [0.4, 0.5) is 0 Å². The molecule has 1 atom stereocenters. The average molecular weight is 352 g/mol. The van der Waals surface area contributed by atoms with Gasteiger partial charge >= 0.3 is 0 Å². The van der Waals surface area contributed by atoms with Crippen molar-refractivity contribution in [3.63, 3.8) is 0 Å². The van der Waals surface area contributed by atoms with Crippen molar-refractivity contribution < 1.29 is 13.9 Å². The minimum absolute atomic E-state index is 0.0412. The molecule has 26 heavy (non-hydrogen) atoms. The Balaban J connectivity index is 1.58. The van der Waals surface area contributed by atoms with E-state index in [1.165, 1.54) is 0 Å². The SMILES string of the molecule is CC(C)c1nnc(C2CN(C(=O)c3ccnc4ccccc34)CCO2)o1. The van der Waals surface area contributed by atoms with Gasteiger partial charge in [-0.05, 0) is 12.1 Å². The maximum absolute atomic E-state index is 13.1. The predicted octanol–water partition coefficient (Wildman–Crippen LogP) is 2.95. The summed E-state index contributed by atoms with van der Waals surface area (Å²) in [6.07, 6.45) is 1.27. The number of aromatic nitrogens is 3. The van der Waals surface area contributed by atoms with Crippen molar-refractivity contribution in [3.05, 3.63) is 53.9 Å². The maximum atomic E-state index is 13.1. The van der Waals surface area contributed by atoms with Crippen molar-refractivity contribution in [1.82, 2.24) is 20.1 Å². The molecule has 3 heterocycles. The van der Waals surface area contributed by atoms with Gasteiger partial charge in [0.2, 0.25) is 11.8 Å². The third kappa shape index (κ3) is 3.06. The highest BCUT2D eigenvalue weighted by molar-refractivity contribution is 6.06. The van der Waals surface area contributed by atoms with E-state index in [1.807, 2.05) is 38.1 Å². The number of para-hydroxylation sites is 1. The predicted molar refractivity (Wildman–Crippen MR) is 94.7 cm³/mol. The van der Waals surface area contributed by atoms with Crippen LogP contribution in [0.1, 0.15) is 48.0 Å². The highest BCUT2D eigenvalue weighted by Crippen LogP contribution is 2.25.